The number of carbonyl (C=O) groups excluding carboxylic acids is 1. The third-order valence-electron chi connectivity index (χ3n) is 3.54. The van der Waals surface area contributed by atoms with Gasteiger partial charge >= 0.3 is 5.97 Å². The zero-order valence-electron chi connectivity index (χ0n) is 13.2. The van der Waals surface area contributed by atoms with E-state index in [2.05, 4.69) is 17.0 Å². The van der Waals surface area contributed by atoms with Crippen molar-refractivity contribution in [2.45, 2.75) is 84.1 Å². The fourth-order valence-corrected chi connectivity index (χ4v) is 2.19. The van der Waals surface area contributed by atoms with E-state index in [-0.39, 0.29) is 12.0 Å². The van der Waals surface area contributed by atoms with Crippen molar-refractivity contribution in [3.05, 3.63) is 0 Å². The maximum absolute atomic E-state index is 11.1. The lowest BCUT2D eigenvalue weighted by Crippen LogP contribution is -2.35. The number of carbonyl (C=O) groups is 1. The number of methoxy groups -OCH3 is 1. The summed E-state index contributed by atoms with van der Waals surface area (Å²) in [5.74, 6) is -0.174. The molecule has 3 nitrogen and oxygen atoms in total. The zero-order valence-corrected chi connectivity index (χ0v) is 13.2. The standard InChI is InChI=1S/C16H33NO2/c1-4-5-6-7-8-9-10-11-12-13-14-17-15(2)16(18)19-3/h15,17H,4-14H2,1-3H3. The number of rotatable bonds is 13. The Kier molecular flexibility index (Phi) is 13.4. The van der Waals surface area contributed by atoms with Crippen molar-refractivity contribution in [3.8, 4) is 0 Å². The Morgan fingerprint density at radius 3 is 1.89 bits per heavy atom. The first-order valence-electron chi connectivity index (χ1n) is 8.03. The fraction of sp³-hybridized carbons (Fsp3) is 0.938. The molecule has 0 fully saturated rings. The highest BCUT2D eigenvalue weighted by Gasteiger charge is 2.10. The molecule has 0 aromatic carbocycles. The van der Waals surface area contributed by atoms with Crippen molar-refractivity contribution in [1.82, 2.24) is 5.32 Å². The van der Waals surface area contributed by atoms with Gasteiger partial charge in [0.15, 0.2) is 0 Å². The van der Waals surface area contributed by atoms with Crippen molar-refractivity contribution < 1.29 is 9.53 Å². The quantitative estimate of drug-likeness (QED) is 0.405. The average molecular weight is 271 g/mol. The highest BCUT2D eigenvalue weighted by molar-refractivity contribution is 5.74. The van der Waals surface area contributed by atoms with E-state index in [0.717, 1.165) is 13.0 Å². The first kappa shape index (κ1) is 18.4. The van der Waals surface area contributed by atoms with Crippen LogP contribution >= 0.6 is 0 Å². The Hall–Kier alpha value is -0.570. The van der Waals surface area contributed by atoms with Gasteiger partial charge in [0.1, 0.15) is 6.04 Å². The second kappa shape index (κ2) is 13.9. The second-order valence-corrected chi connectivity index (χ2v) is 5.38. The molecule has 0 aliphatic carbocycles. The summed E-state index contributed by atoms with van der Waals surface area (Å²) < 4.78 is 4.66. The number of hydrogen-bond donors (Lipinski definition) is 1. The maximum Gasteiger partial charge on any atom is 0.322 e. The van der Waals surface area contributed by atoms with Crippen LogP contribution in [0.1, 0.15) is 78.1 Å². The van der Waals surface area contributed by atoms with E-state index in [1.807, 2.05) is 6.92 Å². The third kappa shape index (κ3) is 12.2. The molecule has 0 saturated heterocycles. The lowest BCUT2D eigenvalue weighted by Gasteiger charge is -2.10. The Bertz CT molecular complexity index is 207. The van der Waals surface area contributed by atoms with Gasteiger partial charge in [0.25, 0.3) is 0 Å². The normalized spacial score (nSPS) is 12.4. The minimum atomic E-state index is -0.177. The van der Waals surface area contributed by atoms with Crippen LogP contribution in [-0.2, 0) is 9.53 Å². The predicted molar refractivity (Wildman–Crippen MR) is 81.3 cm³/mol. The van der Waals surface area contributed by atoms with Gasteiger partial charge in [0.2, 0.25) is 0 Å². The Labute approximate surface area is 119 Å². The highest BCUT2D eigenvalue weighted by atomic mass is 16.5. The molecule has 0 heterocycles. The SMILES string of the molecule is CCCCCCCCCCCCNC(C)C(=O)OC. The van der Waals surface area contributed by atoms with Crippen LogP contribution in [0.15, 0.2) is 0 Å². The molecule has 0 amide bonds. The summed E-state index contributed by atoms with van der Waals surface area (Å²) >= 11 is 0. The van der Waals surface area contributed by atoms with Gasteiger partial charge in [-0.3, -0.25) is 4.79 Å². The Balaban J connectivity index is 3.12. The molecular formula is C16H33NO2. The monoisotopic (exact) mass is 271 g/mol. The molecule has 1 N–H and O–H groups in total. The van der Waals surface area contributed by atoms with Crippen LogP contribution in [0.25, 0.3) is 0 Å². The lowest BCUT2D eigenvalue weighted by atomic mass is 10.1. The summed E-state index contributed by atoms with van der Waals surface area (Å²) in [5, 5.41) is 3.18. The number of hydrogen-bond acceptors (Lipinski definition) is 3. The molecule has 0 aromatic rings. The summed E-state index contributed by atoms with van der Waals surface area (Å²) in [4.78, 5) is 11.1. The van der Waals surface area contributed by atoms with E-state index in [1.54, 1.807) is 0 Å². The molecule has 0 aliphatic heterocycles. The van der Waals surface area contributed by atoms with Gasteiger partial charge in [-0.1, -0.05) is 64.7 Å². The molecule has 3 heteroatoms. The second-order valence-electron chi connectivity index (χ2n) is 5.38. The predicted octanol–water partition coefficient (Wildman–Crippen LogP) is 4.06. The molecule has 114 valence electrons. The number of esters is 1. The zero-order chi connectivity index (χ0) is 14.3. The molecule has 1 atom stereocenters. The first-order valence-corrected chi connectivity index (χ1v) is 8.03. The van der Waals surface area contributed by atoms with E-state index in [1.165, 1.54) is 64.9 Å². The fourth-order valence-electron chi connectivity index (χ4n) is 2.19. The van der Waals surface area contributed by atoms with Gasteiger partial charge in [-0.05, 0) is 19.9 Å². The average Bonchev–Trinajstić information content (AvgIpc) is 2.43. The molecule has 0 rings (SSSR count). The smallest absolute Gasteiger partial charge is 0.322 e. The molecule has 0 bridgehead atoms. The van der Waals surface area contributed by atoms with E-state index in [9.17, 15) is 4.79 Å². The first-order chi connectivity index (χ1) is 9.22. The number of unbranched alkanes of at least 4 members (excludes halogenated alkanes) is 9. The molecule has 0 spiro atoms. The minimum Gasteiger partial charge on any atom is -0.468 e. The summed E-state index contributed by atoms with van der Waals surface area (Å²) in [6.07, 6.45) is 13.4. The van der Waals surface area contributed by atoms with E-state index in [0.29, 0.717) is 0 Å². The van der Waals surface area contributed by atoms with Crippen LogP contribution in [0.2, 0.25) is 0 Å². The largest absolute Gasteiger partial charge is 0.468 e. The summed E-state index contributed by atoms with van der Waals surface area (Å²) in [6, 6.07) is -0.177. The molecule has 0 saturated carbocycles. The van der Waals surface area contributed by atoms with E-state index >= 15 is 0 Å². The van der Waals surface area contributed by atoms with Crippen molar-refractivity contribution >= 4 is 5.97 Å². The topological polar surface area (TPSA) is 38.3 Å². The van der Waals surface area contributed by atoms with E-state index < -0.39 is 0 Å². The maximum atomic E-state index is 11.1. The van der Waals surface area contributed by atoms with Gasteiger partial charge in [0.05, 0.1) is 7.11 Å². The van der Waals surface area contributed by atoms with Crippen LogP contribution in [0, 0.1) is 0 Å². The third-order valence-corrected chi connectivity index (χ3v) is 3.54. The van der Waals surface area contributed by atoms with Crippen LogP contribution in [0.3, 0.4) is 0 Å². The van der Waals surface area contributed by atoms with Gasteiger partial charge in [-0.2, -0.15) is 0 Å². The van der Waals surface area contributed by atoms with Crippen molar-refractivity contribution in [2.75, 3.05) is 13.7 Å². The number of nitrogens with one attached hydrogen (secondary N) is 1. The van der Waals surface area contributed by atoms with Crippen molar-refractivity contribution in [3.63, 3.8) is 0 Å². The van der Waals surface area contributed by atoms with E-state index in [4.69, 9.17) is 0 Å². The minimum absolute atomic E-state index is 0.174. The van der Waals surface area contributed by atoms with Crippen LogP contribution in [-0.4, -0.2) is 25.7 Å². The lowest BCUT2D eigenvalue weighted by molar-refractivity contribution is -0.142. The van der Waals surface area contributed by atoms with Gasteiger partial charge < -0.3 is 10.1 Å². The molecule has 0 aliphatic rings. The summed E-state index contributed by atoms with van der Waals surface area (Å²) in [6.45, 7) is 5.02. The molecule has 1 unspecified atom stereocenters. The van der Waals surface area contributed by atoms with Gasteiger partial charge in [0, 0.05) is 0 Å². The number of ether oxygens (including phenoxy) is 1. The van der Waals surface area contributed by atoms with Gasteiger partial charge in [-0.25, -0.2) is 0 Å². The molecular weight excluding hydrogens is 238 g/mol. The highest BCUT2D eigenvalue weighted by Crippen LogP contribution is 2.10. The molecule has 0 radical (unpaired) electrons. The molecule has 0 aromatic heterocycles. The summed E-state index contributed by atoms with van der Waals surface area (Å²) in [7, 11) is 1.43. The Morgan fingerprint density at radius 1 is 0.947 bits per heavy atom. The summed E-state index contributed by atoms with van der Waals surface area (Å²) in [5.41, 5.74) is 0. The van der Waals surface area contributed by atoms with Crippen molar-refractivity contribution in [1.29, 1.82) is 0 Å². The van der Waals surface area contributed by atoms with Crippen molar-refractivity contribution in [2.24, 2.45) is 0 Å². The van der Waals surface area contributed by atoms with Crippen LogP contribution in [0.4, 0.5) is 0 Å². The molecule has 19 heavy (non-hydrogen) atoms. The van der Waals surface area contributed by atoms with Crippen LogP contribution in [0.5, 0.6) is 0 Å². The van der Waals surface area contributed by atoms with Gasteiger partial charge in [-0.15, -0.1) is 0 Å². The van der Waals surface area contributed by atoms with Crippen LogP contribution < -0.4 is 5.32 Å². The Morgan fingerprint density at radius 2 is 1.42 bits per heavy atom.